The smallest absolute Gasteiger partial charge is 0.303 e. The SMILES string of the molecule is CC(=O)OCC(=O)NC[C@@H](O)c1ccc(-c2ccsc2)cc1. The van der Waals surface area contributed by atoms with Crippen molar-refractivity contribution in [2.24, 2.45) is 0 Å². The highest BCUT2D eigenvalue weighted by Crippen LogP contribution is 2.23. The topological polar surface area (TPSA) is 75.6 Å². The summed E-state index contributed by atoms with van der Waals surface area (Å²) in [5.41, 5.74) is 2.93. The van der Waals surface area contributed by atoms with Crippen molar-refractivity contribution < 1.29 is 19.4 Å². The van der Waals surface area contributed by atoms with Crippen LogP contribution in [0.5, 0.6) is 0 Å². The summed E-state index contributed by atoms with van der Waals surface area (Å²) in [4.78, 5) is 22.0. The molecule has 2 aromatic rings. The number of rotatable bonds is 6. The minimum Gasteiger partial charge on any atom is -0.456 e. The summed E-state index contributed by atoms with van der Waals surface area (Å²) in [6.45, 7) is 0.966. The van der Waals surface area contributed by atoms with Crippen LogP contribution in [0.1, 0.15) is 18.6 Å². The number of amides is 1. The van der Waals surface area contributed by atoms with Gasteiger partial charge in [-0.1, -0.05) is 24.3 Å². The Morgan fingerprint density at radius 1 is 1.23 bits per heavy atom. The third kappa shape index (κ3) is 4.68. The molecule has 1 atom stereocenters. The lowest BCUT2D eigenvalue weighted by Gasteiger charge is -2.12. The van der Waals surface area contributed by atoms with Crippen molar-refractivity contribution in [1.29, 1.82) is 0 Å². The monoisotopic (exact) mass is 319 g/mol. The van der Waals surface area contributed by atoms with E-state index in [4.69, 9.17) is 0 Å². The van der Waals surface area contributed by atoms with Crippen molar-refractivity contribution in [1.82, 2.24) is 5.32 Å². The van der Waals surface area contributed by atoms with E-state index in [0.717, 1.165) is 11.1 Å². The molecule has 0 bridgehead atoms. The van der Waals surface area contributed by atoms with Crippen molar-refractivity contribution >= 4 is 23.2 Å². The number of ether oxygens (including phenoxy) is 1. The van der Waals surface area contributed by atoms with Crippen molar-refractivity contribution in [3.63, 3.8) is 0 Å². The predicted octanol–water partition coefficient (Wildman–Crippen LogP) is 2.13. The van der Waals surface area contributed by atoms with Gasteiger partial charge in [0.2, 0.25) is 0 Å². The number of thiophene rings is 1. The first-order chi connectivity index (χ1) is 10.6. The van der Waals surface area contributed by atoms with Gasteiger partial charge in [-0.2, -0.15) is 11.3 Å². The molecule has 5 nitrogen and oxygen atoms in total. The largest absolute Gasteiger partial charge is 0.456 e. The molecule has 1 aromatic heterocycles. The minimum absolute atomic E-state index is 0.0674. The van der Waals surface area contributed by atoms with Crippen LogP contribution >= 0.6 is 11.3 Å². The van der Waals surface area contributed by atoms with E-state index in [9.17, 15) is 14.7 Å². The number of carbonyl (C=O) groups excluding carboxylic acids is 2. The second kappa shape index (κ2) is 7.72. The van der Waals surface area contributed by atoms with E-state index in [1.165, 1.54) is 6.92 Å². The first kappa shape index (κ1) is 16.2. The molecule has 6 heteroatoms. The highest BCUT2D eigenvalue weighted by atomic mass is 32.1. The van der Waals surface area contributed by atoms with E-state index in [2.05, 4.69) is 15.4 Å². The number of aliphatic hydroxyl groups excluding tert-OH is 1. The van der Waals surface area contributed by atoms with E-state index in [-0.39, 0.29) is 13.2 Å². The molecule has 1 aromatic carbocycles. The van der Waals surface area contributed by atoms with Gasteiger partial charge in [0, 0.05) is 13.5 Å². The number of esters is 1. The summed E-state index contributed by atoms with van der Waals surface area (Å²) in [7, 11) is 0. The molecule has 2 N–H and O–H groups in total. The second-order valence-corrected chi connectivity index (χ2v) is 5.51. The summed E-state index contributed by atoms with van der Waals surface area (Å²) in [6, 6.07) is 9.56. The fourth-order valence-electron chi connectivity index (χ4n) is 1.87. The van der Waals surface area contributed by atoms with Crippen LogP contribution < -0.4 is 5.32 Å². The molecular weight excluding hydrogens is 302 g/mol. The third-order valence-corrected chi connectivity index (χ3v) is 3.73. The zero-order valence-corrected chi connectivity index (χ0v) is 12.9. The molecule has 0 spiro atoms. The van der Waals surface area contributed by atoms with Crippen LogP contribution in [-0.4, -0.2) is 30.1 Å². The first-order valence-electron chi connectivity index (χ1n) is 6.77. The molecule has 116 valence electrons. The fraction of sp³-hybridized carbons (Fsp3) is 0.250. The summed E-state index contributed by atoms with van der Waals surface area (Å²) in [6.07, 6.45) is -0.808. The summed E-state index contributed by atoms with van der Waals surface area (Å²) in [5.74, 6) is -0.955. The zero-order chi connectivity index (χ0) is 15.9. The Hall–Kier alpha value is -2.18. The average Bonchev–Trinajstić information content (AvgIpc) is 3.05. The van der Waals surface area contributed by atoms with Crippen LogP contribution in [0.3, 0.4) is 0 Å². The lowest BCUT2D eigenvalue weighted by molar-refractivity contribution is -0.146. The number of benzene rings is 1. The number of aliphatic hydroxyl groups is 1. The Bertz CT molecular complexity index is 622. The molecule has 1 heterocycles. The summed E-state index contributed by atoms with van der Waals surface area (Å²) >= 11 is 1.63. The zero-order valence-electron chi connectivity index (χ0n) is 12.1. The van der Waals surface area contributed by atoms with E-state index in [0.29, 0.717) is 5.56 Å². The number of hydrogen-bond donors (Lipinski definition) is 2. The molecule has 0 aliphatic carbocycles. The van der Waals surface area contributed by atoms with Crippen LogP contribution in [0.4, 0.5) is 0 Å². The van der Waals surface area contributed by atoms with Gasteiger partial charge in [-0.15, -0.1) is 0 Å². The molecule has 2 rings (SSSR count). The van der Waals surface area contributed by atoms with Crippen molar-refractivity contribution in [3.8, 4) is 11.1 Å². The minimum atomic E-state index is -0.808. The van der Waals surface area contributed by atoms with Crippen LogP contribution in [-0.2, 0) is 14.3 Å². The molecule has 0 unspecified atom stereocenters. The van der Waals surface area contributed by atoms with Gasteiger partial charge in [-0.25, -0.2) is 0 Å². The van der Waals surface area contributed by atoms with Crippen molar-refractivity contribution in [3.05, 3.63) is 46.7 Å². The maximum absolute atomic E-state index is 11.4. The van der Waals surface area contributed by atoms with Crippen LogP contribution in [0, 0.1) is 0 Å². The van der Waals surface area contributed by atoms with E-state index >= 15 is 0 Å². The van der Waals surface area contributed by atoms with Gasteiger partial charge in [0.15, 0.2) is 6.61 Å². The highest BCUT2D eigenvalue weighted by Gasteiger charge is 2.10. The summed E-state index contributed by atoms with van der Waals surface area (Å²) < 4.78 is 4.57. The lowest BCUT2D eigenvalue weighted by atomic mass is 10.0. The molecule has 22 heavy (non-hydrogen) atoms. The first-order valence-corrected chi connectivity index (χ1v) is 7.71. The highest BCUT2D eigenvalue weighted by molar-refractivity contribution is 7.08. The molecule has 0 aliphatic rings. The van der Waals surface area contributed by atoms with Gasteiger partial charge < -0.3 is 15.2 Å². The molecule has 0 radical (unpaired) electrons. The van der Waals surface area contributed by atoms with E-state index < -0.39 is 18.0 Å². The van der Waals surface area contributed by atoms with Gasteiger partial charge in [0.05, 0.1) is 6.10 Å². The Labute approximate surface area is 132 Å². The maximum atomic E-state index is 11.4. The van der Waals surface area contributed by atoms with E-state index in [1.807, 2.05) is 35.7 Å². The Balaban J connectivity index is 1.86. The molecule has 0 saturated heterocycles. The molecule has 1 amide bonds. The third-order valence-electron chi connectivity index (χ3n) is 3.05. The predicted molar refractivity (Wildman–Crippen MR) is 84.4 cm³/mol. The Morgan fingerprint density at radius 2 is 1.95 bits per heavy atom. The van der Waals surface area contributed by atoms with Gasteiger partial charge >= 0.3 is 5.97 Å². The van der Waals surface area contributed by atoms with Gasteiger partial charge in [0.1, 0.15) is 0 Å². The Kier molecular flexibility index (Phi) is 5.68. The van der Waals surface area contributed by atoms with Gasteiger partial charge in [-0.3, -0.25) is 9.59 Å². The molecule has 0 saturated carbocycles. The number of hydrogen-bond acceptors (Lipinski definition) is 5. The van der Waals surface area contributed by atoms with Crippen molar-refractivity contribution in [2.75, 3.05) is 13.2 Å². The Morgan fingerprint density at radius 3 is 2.55 bits per heavy atom. The number of carbonyl (C=O) groups is 2. The van der Waals surface area contributed by atoms with Crippen LogP contribution in [0.15, 0.2) is 41.1 Å². The average molecular weight is 319 g/mol. The van der Waals surface area contributed by atoms with Gasteiger partial charge in [-0.05, 0) is 33.5 Å². The van der Waals surface area contributed by atoms with Crippen LogP contribution in [0.2, 0.25) is 0 Å². The standard InChI is InChI=1S/C16H17NO4S/c1-11(18)21-9-16(20)17-8-15(19)13-4-2-12(3-5-13)14-6-7-22-10-14/h2-7,10,15,19H,8-9H2,1H3,(H,17,20)/t15-/m1/s1. The lowest BCUT2D eigenvalue weighted by Crippen LogP contribution is -2.32. The maximum Gasteiger partial charge on any atom is 0.303 e. The summed E-state index contributed by atoms with van der Waals surface area (Å²) in [5, 5.41) is 16.6. The fourth-order valence-corrected chi connectivity index (χ4v) is 2.54. The van der Waals surface area contributed by atoms with Gasteiger partial charge in [0.25, 0.3) is 5.91 Å². The van der Waals surface area contributed by atoms with Crippen molar-refractivity contribution in [2.45, 2.75) is 13.0 Å². The molecule has 0 aliphatic heterocycles. The second-order valence-electron chi connectivity index (χ2n) is 4.73. The normalized spacial score (nSPS) is 11.7. The molecule has 0 fully saturated rings. The van der Waals surface area contributed by atoms with Crippen LogP contribution in [0.25, 0.3) is 11.1 Å². The number of nitrogens with one attached hydrogen (secondary N) is 1. The quantitative estimate of drug-likeness (QED) is 0.800. The van der Waals surface area contributed by atoms with E-state index in [1.54, 1.807) is 11.3 Å². The molecular formula is C16H17NO4S.